The Morgan fingerprint density at radius 1 is 1.10 bits per heavy atom. The summed E-state index contributed by atoms with van der Waals surface area (Å²) in [5, 5.41) is 9.16. The second-order valence-corrected chi connectivity index (χ2v) is 5.80. The number of rotatable bonds is 2. The maximum atomic E-state index is 9.16. The fourth-order valence-corrected chi connectivity index (χ4v) is 3.49. The fraction of sp³-hybridized carbons (Fsp3) is 0.625. The van der Waals surface area contributed by atoms with Crippen molar-refractivity contribution in [3.05, 3.63) is 24.0 Å². The molecular weight excluding hydrogens is 248 g/mol. The molecule has 2 saturated heterocycles. The number of anilines is 1. The van der Waals surface area contributed by atoms with Crippen LogP contribution in [0.4, 0.5) is 5.69 Å². The quantitative estimate of drug-likeness (QED) is 0.827. The Kier molecular flexibility index (Phi) is 4.17. The van der Waals surface area contributed by atoms with E-state index in [-0.39, 0.29) is 0 Å². The van der Waals surface area contributed by atoms with Gasteiger partial charge >= 0.3 is 0 Å². The SMILES string of the molecule is N#Cc1ncccc1N1CCC(N2CCCCC2)CC1. The maximum Gasteiger partial charge on any atom is 0.163 e. The summed E-state index contributed by atoms with van der Waals surface area (Å²) in [5.74, 6) is 0. The van der Waals surface area contributed by atoms with E-state index in [1.54, 1.807) is 6.20 Å². The van der Waals surface area contributed by atoms with E-state index in [2.05, 4.69) is 20.9 Å². The maximum absolute atomic E-state index is 9.16. The van der Waals surface area contributed by atoms with Crippen LogP contribution in [0.25, 0.3) is 0 Å². The molecule has 0 amide bonds. The van der Waals surface area contributed by atoms with Crippen LogP contribution in [0.15, 0.2) is 18.3 Å². The highest BCUT2D eigenvalue weighted by Gasteiger charge is 2.26. The standard InChI is InChI=1S/C16H22N4/c17-13-15-16(5-4-8-18-15)20-11-6-14(7-12-20)19-9-2-1-3-10-19/h4-5,8,14H,1-3,6-7,9-12H2. The highest BCUT2D eigenvalue weighted by Crippen LogP contribution is 2.25. The lowest BCUT2D eigenvalue weighted by atomic mass is 9.99. The molecule has 2 aliphatic rings. The first-order chi connectivity index (χ1) is 9.88. The van der Waals surface area contributed by atoms with Gasteiger partial charge in [-0.25, -0.2) is 4.98 Å². The number of piperidine rings is 2. The number of nitriles is 1. The van der Waals surface area contributed by atoms with Crippen LogP contribution in [0.1, 0.15) is 37.8 Å². The fourth-order valence-electron chi connectivity index (χ4n) is 3.49. The molecule has 1 aromatic heterocycles. The molecule has 3 heterocycles. The van der Waals surface area contributed by atoms with E-state index in [4.69, 9.17) is 5.26 Å². The lowest BCUT2D eigenvalue weighted by molar-refractivity contribution is 0.141. The first-order valence-electron chi connectivity index (χ1n) is 7.72. The van der Waals surface area contributed by atoms with Crippen molar-refractivity contribution in [1.82, 2.24) is 9.88 Å². The molecule has 1 aromatic rings. The van der Waals surface area contributed by atoms with E-state index < -0.39 is 0 Å². The predicted octanol–water partition coefficient (Wildman–Crippen LogP) is 2.41. The van der Waals surface area contributed by atoms with Crippen molar-refractivity contribution >= 4 is 5.69 Å². The highest BCUT2D eigenvalue weighted by molar-refractivity contribution is 5.55. The molecular formula is C16H22N4. The third kappa shape index (κ3) is 2.78. The van der Waals surface area contributed by atoms with Gasteiger partial charge in [0.15, 0.2) is 5.69 Å². The monoisotopic (exact) mass is 270 g/mol. The third-order valence-corrected chi connectivity index (χ3v) is 4.60. The molecule has 3 rings (SSSR count). The van der Waals surface area contributed by atoms with E-state index in [0.717, 1.165) is 24.8 Å². The molecule has 0 unspecified atom stereocenters. The summed E-state index contributed by atoms with van der Waals surface area (Å²) in [6, 6.07) is 6.89. The zero-order chi connectivity index (χ0) is 13.8. The molecule has 0 N–H and O–H groups in total. The molecule has 4 heteroatoms. The smallest absolute Gasteiger partial charge is 0.163 e. The minimum absolute atomic E-state index is 0.559. The zero-order valence-corrected chi connectivity index (χ0v) is 12.0. The topological polar surface area (TPSA) is 43.2 Å². The van der Waals surface area contributed by atoms with Crippen LogP contribution in [0.2, 0.25) is 0 Å². The van der Waals surface area contributed by atoms with Crippen LogP contribution in [-0.2, 0) is 0 Å². The zero-order valence-electron chi connectivity index (χ0n) is 12.0. The number of aromatic nitrogens is 1. The number of pyridine rings is 1. The second kappa shape index (κ2) is 6.23. The minimum Gasteiger partial charge on any atom is -0.369 e. The summed E-state index contributed by atoms with van der Waals surface area (Å²) in [4.78, 5) is 9.17. The van der Waals surface area contributed by atoms with Crippen LogP contribution in [-0.4, -0.2) is 42.1 Å². The first kappa shape index (κ1) is 13.4. The average molecular weight is 270 g/mol. The van der Waals surface area contributed by atoms with Crippen molar-refractivity contribution in [2.24, 2.45) is 0 Å². The summed E-state index contributed by atoms with van der Waals surface area (Å²) in [7, 11) is 0. The van der Waals surface area contributed by atoms with Gasteiger partial charge < -0.3 is 9.80 Å². The van der Waals surface area contributed by atoms with Gasteiger partial charge in [-0.1, -0.05) is 6.42 Å². The molecule has 0 aromatic carbocycles. The normalized spacial score (nSPS) is 21.6. The number of likely N-dealkylation sites (tertiary alicyclic amines) is 1. The predicted molar refractivity (Wildman–Crippen MR) is 79.6 cm³/mol. The van der Waals surface area contributed by atoms with Gasteiger partial charge in [0.2, 0.25) is 0 Å². The van der Waals surface area contributed by atoms with Gasteiger partial charge in [-0.2, -0.15) is 5.26 Å². The van der Waals surface area contributed by atoms with Crippen LogP contribution < -0.4 is 4.90 Å². The summed E-state index contributed by atoms with van der Waals surface area (Å²) in [5.41, 5.74) is 1.57. The number of nitrogens with zero attached hydrogens (tertiary/aromatic N) is 4. The Labute approximate surface area is 121 Å². The lowest BCUT2D eigenvalue weighted by Crippen LogP contribution is -2.46. The number of hydrogen-bond acceptors (Lipinski definition) is 4. The van der Waals surface area contributed by atoms with Crippen molar-refractivity contribution < 1.29 is 0 Å². The molecule has 0 saturated carbocycles. The van der Waals surface area contributed by atoms with Gasteiger partial charge in [-0.05, 0) is 50.9 Å². The van der Waals surface area contributed by atoms with Crippen molar-refractivity contribution in [1.29, 1.82) is 5.26 Å². The molecule has 2 fully saturated rings. The molecule has 0 radical (unpaired) electrons. The van der Waals surface area contributed by atoms with Crippen LogP contribution >= 0.6 is 0 Å². The van der Waals surface area contributed by atoms with Gasteiger partial charge in [0, 0.05) is 25.3 Å². The van der Waals surface area contributed by atoms with E-state index in [1.165, 1.54) is 45.2 Å². The van der Waals surface area contributed by atoms with Crippen molar-refractivity contribution in [3.8, 4) is 6.07 Å². The Bertz CT molecular complexity index is 479. The summed E-state index contributed by atoms with van der Waals surface area (Å²) >= 11 is 0. The van der Waals surface area contributed by atoms with E-state index >= 15 is 0 Å². The second-order valence-electron chi connectivity index (χ2n) is 5.80. The molecule has 0 atom stereocenters. The van der Waals surface area contributed by atoms with Gasteiger partial charge in [-0.3, -0.25) is 0 Å². The lowest BCUT2D eigenvalue weighted by Gasteiger charge is -2.41. The largest absolute Gasteiger partial charge is 0.369 e. The molecule has 0 aliphatic carbocycles. The summed E-state index contributed by atoms with van der Waals surface area (Å²) in [6.45, 7) is 4.64. The molecule has 0 bridgehead atoms. The van der Waals surface area contributed by atoms with Gasteiger partial charge in [0.25, 0.3) is 0 Å². The van der Waals surface area contributed by atoms with Gasteiger partial charge in [-0.15, -0.1) is 0 Å². The molecule has 0 spiro atoms. The van der Waals surface area contributed by atoms with Crippen molar-refractivity contribution in [3.63, 3.8) is 0 Å². The molecule has 4 nitrogen and oxygen atoms in total. The Morgan fingerprint density at radius 2 is 1.85 bits per heavy atom. The van der Waals surface area contributed by atoms with Crippen molar-refractivity contribution in [2.75, 3.05) is 31.1 Å². The molecule has 2 aliphatic heterocycles. The average Bonchev–Trinajstić information content (AvgIpc) is 2.56. The van der Waals surface area contributed by atoms with E-state index in [1.807, 2.05) is 12.1 Å². The van der Waals surface area contributed by atoms with Crippen LogP contribution in [0, 0.1) is 11.3 Å². The van der Waals surface area contributed by atoms with E-state index in [0.29, 0.717) is 5.69 Å². The minimum atomic E-state index is 0.559. The Hall–Kier alpha value is -1.60. The van der Waals surface area contributed by atoms with E-state index in [9.17, 15) is 0 Å². The Balaban J connectivity index is 1.62. The molecule has 20 heavy (non-hydrogen) atoms. The highest BCUT2D eigenvalue weighted by atomic mass is 15.2. The third-order valence-electron chi connectivity index (χ3n) is 4.60. The van der Waals surface area contributed by atoms with Crippen LogP contribution in [0.3, 0.4) is 0 Å². The summed E-state index contributed by atoms with van der Waals surface area (Å²) in [6.07, 6.45) is 8.24. The van der Waals surface area contributed by atoms with Crippen molar-refractivity contribution in [2.45, 2.75) is 38.1 Å². The Morgan fingerprint density at radius 3 is 2.55 bits per heavy atom. The van der Waals surface area contributed by atoms with Crippen LogP contribution in [0.5, 0.6) is 0 Å². The summed E-state index contributed by atoms with van der Waals surface area (Å²) < 4.78 is 0. The first-order valence-corrected chi connectivity index (χ1v) is 7.72. The molecule has 106 valence electrons. The number of hydrogen-bond donors (Lipinski definition) is 0. The van der Waals surface area contributed by atoms with Gasteiger partial charge in [0.1, 0.15) is 6.07 Å². The van der Waals surface area contributed by atoms with Gasteiger partial charge in [0.05, 0.1) is 5.69 Å².